The highest BCUT2D eigenvalue weighted by Crippen LogP contribution is 2.16. The second-order valence-corrected chi connectivity index (χ2v) is 4.81. The average Bonchev–Trinajstić information content (AvgIpc) is 2.32. The van der Waals surface area contributed by atoms with Crippen molar-refractivity contribution in [2.75, 3.05) is 13.1 Å². The molecular weight excluding hydrogens is 198 g/mol. The van der Waals surface area contributed by atoms with Crippen LogP contribution in [0.1, 0.15) is 36.3 Å². The van der Waals surface area contributed by atoms with Gasteiger partial charge in [-0.15, -0.1) is 0 Å². The van der Waals surface area contributed by atoms with Gasteiger partial charge >= 0.3 is 0 Å². The summed E-state index contributed by atoms with van der Waals surface area (Å²) in [5.41, 5.74) is 2.30. The zero-order chi connectivity index (χ0) is 11.4. The SMILES string of the molecule is Cc1cnc(CCC2CCCNC2)nc1C. The van der Waals surface area contributed by atoms with Crippen molar-refractivity contribution in [2.45, 2.75) is 39.5 Å². The van der Waals surface area contributed by atoms with Crippen LogP contribution in [0.3, 0.4) is 0 Å². The summed E-state index contributed by atoms with van der Waals surface area (Å²) in [6.45, 7) is 6.48. The van der Waals surface area contributed by atoms with E-state index in [4.69, 9.17) is 0 Å². The summed E-state index contributed by atoms with van der Waals surface area (Å²) in [6, 6.07) is 0. The van der Waals surface area contributed by atoms with Crippen molar-refractivity contribution in [1.82, 2.24) is 15.3 Å². The van der Waals surface area contributed by atoms with Gasteiger partial charge in [0, 0.05) is 18.3 Å². The lowest BCUT2D eigenvalue weighted by atomic mass is 9.94. The lowest BCUT2D eigenvalue weighted by Gasteiger charge is -2.22. The molecule has 2 rings (SSSR count). The summed E-state index contributed by atoms with van der Waals surface area (Å²) in [7, 11) is 0. The highest BCUT2D eigenvalue weighted by molar-refractivity contribution is 5.13. The Hall–Kier alpha value is -0.960. The van der Waals surface area contributed by atoms with Crippen LogP contribution >= 0.6 is 0 Å². The first-order valence-electron chi connectivity index (χ1n) is 6.25. The Morgan fingerprint density at radius 2 is 2.31 bits per heavy atom. The van der Waals surface area contributed by atoms with Crippen molar-refractivity contribution in [2.24, 2.45) is 5.92 Å². The van der Waals surface area contributed by atoms with Gasteiger partial charge in [0.05, 0.1) is 0 Å². The van der Waals surface area contributed by atoms with Gasteiger partial charge in [0.25, 0.3) is 0 Å². The smallest absolute Gasteiger partial charge is 0.128 e. The molecule has 0 amide bonds. The average molecular weight is 219 g/mol. The third kappa shape index (κ3) is 3.01. The van der Waals surface area contributed by atoms with Crippen molar-refractivity contribution in [3.05, 3.63) is 23.3 Å². The fraction of sp³-hybridized carbons (Fsp3) is 0.692. The monoisotopic (exact) mass is 219 g/mol. The maximum atomic E-state index is 4.53. The van der Waals surface area contributed by atoms with Crippen LogP contribution in [0.25, 0.3) is 0 Å². The van der Waals surface area contributed by atoms with Crippen molar-refractivity contribution in [1.29, 1.82) is 0 Å². The first kappa shape index (κ1) is 11.5. The van der Waals surface area contributed by atoms with E-state index in [1.807, 2.05) is 6.20 Å². The first-order valence-corrected chi connectivity index (χ1v) is 6.25. The molecule has 1 N–H and O–H groups in total. The molecule has 1 aliphatic rings. The summed E-state index contributed by atoms with van der Waals surface area (Å²) < 4.78 is 0. The second kappa shape index (κ2) is 5.39. The van der Waals surface area contributed by atoms with Gasteiger partial charge in [-0.05, 0) is 57.7 Å². The van der Waals surface area contributed by atoms with Crippen LogP contribution in [-0.2, 0) is 6.42 Å². The quantitative estimate of drug-likeness (QED) is 0.845. The molecule has 3 heteroatoms. The van der Waals surface area contributed by atoms with Gasteiger partial charge in [0.1, 0.15) is 5.82 Å². The standard InChI is InChI=1S/C13H21N3/c1-10-8-15-13(16-11(10)2)6-5-12-4-3-7-14-9-12/h8,12,14H,3-7,9H2,1-2H3. The Bertz CT molecular complexity index is 343. The van der Waals surface area contributed by atoms with E-state index in [2.05, 4.69) is 29.1 Å². The number of nitrogens with one attached hydrogen (secondary N) is 1. The molecule has 1 fully saturated rings. The van der Waals surface area contributed by atoms with Crippen LogP contribution < -0.4 is 5.32 Å². The Kier molecular flexibility index (Phi) is 3.88. The second-order valence-electron chi connectivity index (χ2n) is 4.81. The number of rotatable bonds is 3. The third-order valence-electron chi connectivity index (χ3n) is 3.45. The van der Waals surface area contributed by atoms with Crippen molar-refractivity contribution >= 4 is 0 Å². The van der Waals surface area contributed by atoms with Crippen LogP contribution in [0.5, 0.6) is 0 Å². The molecule has 88 valence electrons. The van der Waals surface area contributed by atoms with E-state index in [0.717, 1.165) is 23.9 Å². The van der Waals surface area contributed by atoms with Crippen LogP contribution in [0.2, 0.25) is 0 Å². The minimum atomic E-state index is 0.818. The first-order chi connectivity index (χ1) is 7.75. The number of nitrogens with zero attached hydrogens (tertiary/aromatic N) is 2. The van der Waals surface area contributed by atoms with Gasteiger partial charge in [-0.25, -0.2) is 9.97 Å². The topological polar surface area (TPSA) is 37.8 Å². The maximum absolute atomic E-state index is 4.53. The van der Waals surface area contributed by atoms with Crippen LogP contribution in [0.4, 0.5) is 0 Å². The molecule has 1 aromatic rings. The van der Waals surface area contributed by atoms with E-state index in [1.165, 1.54) is 37.9 Å². The van der Waals surface area contributed by atoms with E-state index < -0.39 is 0 Å². The predicted octanol–water partition coefficient (Wildman–Crippen LogP) is 2.03. The highest BCUT2D eigenvalue weighted by Gasteiger charge is 2.13. The summed E-state index contributed by atoms with van der Waals surface area (Å²) in [6.07, 6.45) is 6.86. The Morgan fingerprint density at radius 3 is 3.00 bits per heavy atom. The number of aryl methyl sites for hydroxylation is 3. The van der Waals surface area contributed by atoms with Crippen LogP contribution in [-0.4, -0.2) is 23.1 Å². The van der Waals surface area contributed by atoms with Gasteiger partial charge in [-0.1, -0.05) is 0 Å². The fourth-order valence-corrected chi connectivity index (χ4v) is 2.20. The molecule has 0 radical (unpaired) electrons. The van der Waals surface area contributed by atoms with Crippen molar-refractivity contribution < 1.29 is 0 Å². The van der Waals surface area contributed by atoms with Gasteiger partial charge < -0.3 is 5.32 Å². The molecule has 2 heterocycles. The van der Waals surface area contributed by atoms with Gasteiger partial charge in [-0.3, -0.25) is 0 Å². The molecule has 1 unspecified atom stereocenters. The number of hydrogen-bond acceptors (Lipinski definition) is 3. The van der Waals surface area contributed by atoms with E-state index in [-0.39, 0.29) is 0 Å². The van der Waals surface area contributed by atoms with Gasteiger partial charge in [-0.2, -0.15) is 0 Å². The van der Waals surface area contributed by atoms with Crippen LogP contribution in [0.15, 0.2) is 6.20 Å². The molecule has 0 saturated carbocycles. The molecule has 1 aromatic heterocycles. The molecule has 0 bridgehead atoms. The molecule has 16 heavy (non-hydrogen) atoms. The highest BCUT2D eigenvalue weighted by atomic mass is 14.9. The van der Waals surface area contributed by atoms with Crippen molar-refractivity contribution in [3.8, 4) is 0 Å². The molecule has 1 aliphatic heterocycles. The Morgan fingerprint density at radius 1 is 1.44 bits per heavy atom. The molecular formula is C13H21N3. The van der Waals surface area contributed by atoms with Crippen molar-refractivity contribution in [3.63, 3.8) is 0 Å². The van der Waals surface area contributed by atoms with E-state index in [9.17, 15) is 0 Å². The minimum Gasteiger partial charge on any atom is -0.316 e. The Labute approximate surface area is 97.7 Å². The van der Waals surface area contributed by atoms with Gasteiger partial charge in [0.2, 0.25) is 0 Å². The Balaban J connectivity index is 1.86. The molecule has 0 spiro atoms. The summed E-state index contributed by atoms with van der Waals surface area (Å²) in [5.74, 6) is 1.83. The molecule has 1 saturated heterocycles. The summed E-state index contributed by atoms with van der Waals surface area (Å²) in [4.78, 5) is 8.92. The largest absolute Gasteiger partial charge is 0.316 e. The third-order valence-corrected chi connectivity index (χ3v) is 3.45. The zero-order valence-corrected chi connectivity index (χ0v) is 10.3. The number of aromatic nitrogens is 2. The number of piperidine rings is 1. The predicted molar refractivity (Wildman–Crippen MR) is 65.4 cm³/mol. The molecule has 1 atom stereocenters. The lowest BCUT2D eigenvalue weighted by Crippen LogP contribution is -2.30. The van der Waals surface area contributed by atoms with Crippen LogP contribution in [0, 0.1) is 19.8 Å². The molecule has 0 aliphatic carbocycles. The minimum absolute atomic E-state index is 0.818. The molecule has 0 aromatic carbocycles. The normalized spacial score (nSPS) is 21.0. The molecule has 3 nitrogen and oxygen atoms in total. The van der Waals surface area contributed by atoms with E-state index >= 15 is 0 Å². The summed E-state index contributed by atoms with van der Waals surface area (Å²) >= 11 is 0. The summed E-state index contributed by atoms with van der Waals surface area (Å²) in [5, 5.41) is 3.45. The zero-order valence-electron chi connectivity index (χ0n) is 10.3. The maximum Gasteiger partial charge on any atom is 0.128 e. The lowest BCUT2D eigenvalue weighted by molar-refractivity contribution is 0.356. The van der Waals surface area contributed by atoms with Gasteiger partial charge in [0.15, 0.2) is 0 Å². The number of hydrogen-bond donors (Lipinski definition) is 1. The van der Waals surface area contributed by atoms with E-state index in [1.54, 1.807) is 0 Å². The van der Waals surface area contributed by atoms with E-state index in [0.29, 0.717) is 0 Å². The fourth-order valence-electron chi connectivity index (χ4n) is 2.20.